The highest BCUT2D eigenvalue weighted by Crippen LogP contribution is 2.38. The lowest BCUT2D eigenvalue weighted by Gasteiger charge is -2.43. The van der Waals surface area contributed by atoms with Crippen LogP contribution >= 0.6 is 0 Å². The van der Waals surface area contributed by atoms with Gasteiger partial charge in [-0.3, -0.25) is 19.2 Å². The normalized spacial score (nSPS) is 25.8. The van der Waals surface area contributed by atoms with Crippen molar-refractivity contribution in [3.8, 4) is 0 Å². The number of hydrogen-bond donors (Lipinski definition) is 4. The van der Waals surface area contributed by atoms with Crippen molar-refractivity contribution in [1.82, 2.24) is 9.80 Å². The summed E-state index contributed by atoms with van der Waals surface area (Å²) in [5.74, 6) is -5.19. The molecule has 0 aromatic carbocycles. The van der Waals surface area contributed by atoms with Crippen molar-refractivity contribution in [2.24, 2.45) is 11.7 Å². The maximum atomic E-state index is 13.1. The second-order valence-electron chi connectivity index (χ2n) is 7.87. The Morgan fingerprint density at radius 3 is 2.27 bits per heavy atom. The fraction of sp³-hybridized carbons (Fsp3) is 0.737. The van der Waals surface area contributed by atoms with Gasteiger partial charge in [0, 0.05) is 19.4 Å². The van der Waals surface area contributed by atoms with Crippen molar-refractivity contribution >= 4 is 29.7 Å². The van der Waals surface area contributed by atoms with Crippen LogP contribution in [0.4, 0.5) is 0 Å². The molecule has 4 atom stereocenters. The predicted molar refractivity (Wildman–Crippen MR) is 102 cm³/mol. The van der Waals surface area contributed by atoms with Gasteiger partial charge in [-0.15, -0.1) is 0 Å². The molecule has 0 aromatic heterocycles. The van der Waals surface area contributed by atoms with Gasteiger partial charge in [-0.2, -0.15) is 0 Å². The molecule has 11 heteroatoms. The van der Waals surface area contributed by atoms with E-state index in [1.807, 2.05) is 0 Å². The Morgan fingerprint density at radius 2 is 1.70 bits per heavy atom. The lowest BCUT2D eigenvalue weighted by molar-refractivity contribution is -0.163. The molecule has 0 radical (unpaired) electrons. The molecule has 2 aliphatic heterocycles. The second kappa shape index (κ2) is 10.4. The Hall–Kier alpha value is -2.69. The molecule has 2 amide bonds. The molecule has 2 saturated heterocycles. The number of nitrogens with zero attached hydrogens (tertiary/aromatic N) is 2. The zero-order valence-corrected chi connectivity index (χ0v) is 16.7. The van der Waals surface area contributed by atoms with Crippen LogP contribution in [0.25, 0.3) is 0 Å². The van der Waals surface area contributed by atoms with Crippen LogP contribution in [-0.2, 0) is 24.0 Å². The van der Waals surface area contributed by atoms with E-state index >= 15 is 0 Å². The monoisotopic (exact) mass is 427 g/mol. The first-order valence-corrected chi connectivity index (χ1v) is 10.2. The molecule has 11 nitrogen and oxygen atoms in total. The number of nitrogens with two attached hydrogens (primary N) is 1. The van der Waals surface area contributed by atoms with Crippen LogP contribution in [0.15, 0.2) is 0 Å². The van der Waals surface area contributed by atoms with E-state index < -0.39 is 54.3 Å². The van der Waals surface area contributed by atoms with Gasteiger partial charge in [-0.25, -0.2) is 4.79 Å². The van der Waals surface area contributed by atoms with Crippen molar-refractivity contribution in [1.29, 1.82) is 0 Å². The van der Waals surface area contributed by atoms with Crippen molar-refractivity contribution in [2.75, 3.05) is 13.1 Å². The average Bonchev–Trinajstić information content (AvgIpc) is 3.04. The fourth-order valence-corrected chi connectivity index (χ4v) is 4.47. The summed E-state index contributed by atoms with van der Waals surface area (Å²) in [5, 5.41) is 27.8. The van der Waals surface area contributed by atoms with Crippen LogP contribution in [0.1, 0.15) is 51.4 Å². The lowest BCUT2D eigenvalue weighted by atomic mass is 9.93. The van der Waals surface area contributed by atoms with Gasteiger partial charge < -0.3 is 30.9 Å². The van der Waals surface area contributed by atoms with Crippen molar-refractivity contribution in [3.63, 3.8) is 0 Å². The number of carbonyl (C=O) groups excluding carboxylic acids is 2. The summed E-state index contributed by atoms with van der Waals surface area (Å²) in [7, 11) is 0. The van der Waals surface area contributed by atoms with Gasteiger partial charge in [-0.05, 0) is 38.1 Å². The summed E-state index contributed by atoms with van der Waals surface area (Å²) in [6.07, 6.45) is 1.72. The molecule has 30 heavy (non-hydrogen) atoms. The van der Waals surface area contributed by atoms with Crippen molar-refractivity contribution in [3.05, 3.63) is 0 Å². The Bertz CT molecular complexity index is 697. The number of piperazine rings is 1. The number of carbonyl (C=O) groups is 5. The zero-order chi connectivity index (χ0) is 22.4. The molecular weight excluding hydrogens is 398 g/mol. The molecule has 0 saturated carbocycles. The van der Waals surface area contributed by atoms with Gasteiger partial charge in [0.2, 0.25) is 11.8 Å². The molecule has 0 spiro atoms. The molecule has 168 valence electrons. The van der Waals surface area contributed by atoms with Crippen LogP contribution in [0.5, 0.6) is 0 Å². The van der Waals surface area contributed by atoms with Gasteiger partial charge >= 0.3 is 17.9 Å². The molecule has 0 aromatic rings. The molecule has 2 aliphatic rings. The highest BCUT2D eigenvalue weighted by atomic mass is 16.4. The highest BCUT2D eigenvalue weighted by Gasteiger charge is 2.54. The van der Waals surface area contributed by atoms with E-state index in [1.54, 1.807) is 0 Å². The number of hydrogen-bond acceptors (Lipinski definition) is 6. The van der Waals surface area contributed by atoms with Gasteiger partial charge in [0.25, 0.3) is 0 Å². The molecule has 0 unspecified atom stereocenters. The minimum absolute atomic E-state index is 0.0484. The first kappa shape index (κ1) is 23.6. The minimum Gasteiger partial charge on any atom is -0.481 e. The van der Waals surface area contributed by atoms with Crippen LogP contribution in [0.3, 0.4) is 0 Å². The SMILES string of the molecule is NCCCCCC(=O)N1C[C@@H]2C[C@H](CCC(=O)O)[C@@H](C(=O)O)N2C(=O)[C@@H]1CC(=O)O. The van der Waals surface area contributed by atoms with Crippen LogP contribution < -0.4 is 5.73 Å². The number of unbranched alkanes of at least 4 members (excludes halogenated alkanes) is 2. The summed E-state index contributed by atoms with van der Waals surface area (Å²) in [5.41, 5.74) is 5.44. The second-order valence-corrected chi connectivity index (χ2v) is 7.87. The number of fused-ring (bicyclic) bond motifs is 1. The van der Waals surface area contributed by atoms with E-state index in [2.05, 4.69) is 0 Å². The first-order valence-electron chi connectivity index (χ1n) is 10.2. The van der Waals surface area contributed by atoms with Gasteiger partial charge in [-0.1, -0.05) is 6.42 Å². The largest absolute Gasteiger partial charge is 0.481 e. The topological polar surface area (TPSA) is 179 Å². The Labute approximate surface area is 173 Å². The third-order valence-corrected chi connectivity index (χ3v) is 5.80. The number of aliphatic carboxylic acids is 3. The van der Waals surface area contributed by atoms with Crippen LogP contribution in [0.2, 0.25) is 0 Å². The maximum Gasteiger partial charge on any atom is 0.326 e. The standard InChI is InChI=1S/C19H29N3O8/c20-7-3-1-2-4-14(23)21-10-12-8-11(5-6-15(24)25)17(19(29)30)22(12)18(28)13(21)9-16(26)27/h11-13,17H,1-10,20H2,(H,24,25)(H,26,27)(H,29,30)/t11-,12-,13-,17-/m0/s1. The van der Waals surface area contributed by atoms with E-state index in [0.29, 0.717) is 13.0 Å². The predicted octanol–water partition coefficient (Wildman–Crippen LogP) is -0.274. The number of rotatable bonds is 11. The molecule has 2 rings (SSSR count). The number of carboxylic acids is 3. The first-order chi connectivity index (χ1) is 14.2. The van der Waals surface area contributed by atoms with E-state index in [4.69, 9.17) is 10.8 Å². The summed E-state index contributed by atoms with van der Waals surface area (Å²) in [6.45, 7) is 0.552. The van der Waals surface area contributed by atoms with Crippen LogP contribution in [-0.4, -0.2) is 86.1 Å². The molecule has 2 heterocycles. The smallest absolute Gasteiger partial charge is 0.326 e. The van der Waals surface area contributed by atoms with Crippen LogP contribution in [0, 0.1) is 5.92 Å². The number of carboxylic acid groups (broad SMARTS) is 3. The molecule has 5 N–H and O–H groups in total. The minimum atomic E-state index is -1.26. The third kappa shape index (κ3) is 5.47. The fourth-order valence-electron chi connectivity index (χ4n) is 4.47. The van der Waals surface area contributed by atoms with E-state index in [1.165, 1.54) is 9.80 Å². The van der Waals surface area contributed by atoms with Gasteiger partial charge in [0.15, 0.2) is 0 Å². The summed E-state index contributed by atoms with van der Waals surface area (Å²) in [4.78, 5) is 62.4. The highest BCUT2D eigenvalue weighted by molar-refractivity contribution is 5.94. The van der Waals surface area contributed by atoms with E-state index in [-0.39, 0.29) is 38.1 Å². The summed E-state index contributed by atoms with van der Waals surface area (Å²) < 4.78 is 0. The summed E-state index contributed by atoms with van der Waals surface area (Å²) >= 11 is 0. The van der Waals surface area contributed by atoms with E-state index in [9.17, 15) is 34.2 Å². The zero-order valence-electron chi connectivity index (χ0n) is 16.7. The molecule has 0 aliphatic carbocycles. The summed E-state index contributed by atoms with van der Waals surface area (Å²) in [6, 6.07) is -3.06. The van der Waals surface area contributed by atoms with Gasteiger partial charge in [0.1, 0.15) is 12.1 Å². The molecule has 2 fully saturated rings. The Morgan fingerprint density at radius 1 is 1.00 bits per heavy atom. The van der Waals surface area contributed by atoms with Crippen molar-refractivity contribution in [2.45, 2.75) is 69.5 Å². The molecule has 0 bridgehead atoms. The van der Waals surface area contributed by atoms with E-state index in [0.717, 1.165) is 12.8 Å². The molecular formula is C19H29N3O8. The third-order valence-electron chi connectivity index (χ3n) is 5.80. The number of amides is 2. The Kier molecular flexibility index (Phi) is 8.16. The Balaban J connectivity index is 2.22. The lowest BCUT2D eigenvalue weighted by Crippen LogP contribution is -2.64. The average molecular weight is 427 g/mol. The van der Waals surface area contributed by atoms with Gasteiger partial charge in [0.05, 0.1) is 12.5 Å². The van der Waals surface area contributed by atoms with Crippen molar-refractivity contribution < 1.29 is 39.3 Å². The maximum absolute atomic E-state index is 13.1. The quantitative estimate of drug-likeness (QED) is 0.323.